The minimum absolute atomic E-state index is 0.0404. The van der Waals surface area contributed by atoms with Crippen LogP contribution in [-0.2, 0) is 9.53 Å². The van der Waals surface area contributed by atoms with E-state index in [0.717, 1.165) is 0 Å². The molecule has 6 heteroatoms. The summed E-state index contributed by atoms with van der Waals surface area (Å²) in [4.78, 5) is 24.3. The van der Waals surface area contributed by atoms with E-state index in [1.165, 1.54) is 7.11 Å². The minimum Gasteiger partial charge on any atom is -0.496 e. The number of carbonyl (C=O) groups excluding carboxylic acids is 2. The van der Waals surface area contributed by atoms with E-state index < -0.39 is 12.1 Å². The second-order valence-electron chi connectivity index (χ2n) is 5.10. The van der Waals surface area contributed by atoms with Crippen LogP contribution in [0, 0.1) is 0 Å². The highest BCUT2D eigenvalue weighted by Gasteiger charge is 2.29. The van der Waals surface area contributed by atoms with Gasteiger partial charge in [0.2, 0.25) is 11.9 Å². The highest BCUT2D eigenvalue weighted by molar-refractivity contribution is 6.00. The first-order valence-electron chi connectivity index (χ1n) is 7.40. The lowest BCUT2D eigenvalue weighted by atomic mass is 10.1. The molecule has 1 atom stereocenters. The second-order valence-corrected chi connectivity index (χ2v) is 5.10. The molecular formula is C18H16O6. The molecule has 0 fully saturated rings. The van der Waals surface area contributed by atoms with Gasteiger partial charge in [0, 0.05) is 0 Å². The number of benzene rings is 2. The molecule has 1 aliphatic heterocycles. The van der Waals surface area contributed by atoms with Gasteiger partial charge in [-0.3, -0.25) is 4.79 Å². The molecule has 1 heterocycles. The van der Waals surface area contributed by atoms with Crippen molar-refractivity contribution in [3.05, 3.63) is 54.1 Å². The van der Waals surface area contributed by atoms with Gasteiger partial charge in [0.15, 0.2) is 18.1 Å². The Labute approximate surface area is 138 Å². The number of Topliss-reactive ketones (excluding diaryl/α,β-unsaturated/α-hetero) is 1. The number of para-hydroxylation sites is 3. The summed E-state index contributed by atoms with van der Waals surface area (Å²) in [7, 11) is 1.47. The lowest BCUT2D eigenvalue weighted by Crippen LogP contribution is -2.38. The van der Waals surface area contributed by atoms with Crippen LogP contribution in [0.2, 0.25) is 0 Å². The fraction of sp³-hybridized carbons (Fsp3) is 0.222. The molecule has 0 N–H and O–H groups in total. The third-order valence-corrected chi connectivity index (χ3v) is 3.52. The normalized spacial score (nSPS) is 15.5. The highest BCUT2D eigenvalue weighted by atomic mass is 16.6. The number of hydrogen-bond donors (Lipinski definition) is 0. The molecule has 0 aromatic heterocycles. The van der Waals surface area contributed by atoms with Gasteiger partial charge in [-0.25, -0.2) is 4.79 Å². The summed E-state index contributed by atoms with van der Waals surface area (Å²) < 4.78 is 21.2. The average molecular weight is 328 g/mol. The Morgan fingerprint density at radius 2 is 1.79 bits per heavy atom. The van der Waals surface area contributed by atoms with Crippen molar-refractivity contribution in [2.75, 3.05) is 20.3 Å². The number of esters is 1. The lowest BCUT2D eigenvalue weighted by molar-refractivity contribution is -0.153. The van der Waals surface area contributed by atoms with Gasteiger partial charge in [0.05, 0.1) is 12.7 Å². The molecule has 0 spiro atoms. The molecule has 0 radical (unpaired) electrons. The zero-order valence-electron chi connectivity index (χ0n) is 13.1. The highest BCUT2D eigenvalue weighted by Crippen LogP contribution is 2.31. The maximum absolute atomic E-state index is 12.2. The third-order valence-electron chi connectivity index (χ3n) is 3.52. The molecule has 1 aliphatic rings. The van der Waals surface area contributed by atoms with Gasteiger partial charge >= 0.3 is 5.97 Å². The topological polar surface area (TPSA) is 71.1 Å². The number of fused-ring (bicyclic) bond motifs is 1. The van der Waals surface area contributed by atoms with Gasteiger partial charge in [-0.1, -0.05) is 24.3 Å². The number of hydrogen-bond acceptors (Lipinski definition) is 6. The van der Waals surface area contributed by atoms with E-state index >= 15 is 0 Å². The Bertz CT molecular complexity index is 755. The van der Waals surface area contributed by atoms with E-state index in [1.807, 2.05) is 6.07 Å². The van der Waals surface area contributed by atoms with Gasteiger partial charge in [0.1, 0.15) is 12.4 Å². The first kappa shape index (κ1) is 15.9. The number of ketones is 1. The summed E-state index contributed by atoms with van der Waals surface area (Å²) in [5.74, 6) is 0.490. The largest absolute Gasteiger partial charge is 0.496 e. The van der Waals surface area contributed by atoms with E-state index in [4.69, 9.17) is 18.9 Å². The van der Waals surface area contributed by atoms with Crippen molar-refractivity contribution in [2.45, 2.75) is 6.10 Å². The van der Waals surface area contributed by atoms with Crippen LogP contribution in [0.25, 0.3) is 0 Å². The van der Waals surface area contributed by atoms with Crippen LogP contribution in [0.15, 0.2) is 48.5 Å². The number of ether oxygens (including phenoxy) is 4. The summed E-state index contributed by atoms with van der Waals surface area (Å²) in [6.07, 6.45) is -0.898. The molecule has 6 nitrogen and oxygen atoms in total. The summed E-state index contributed by atoms with van der Waals surface area (Å²) in [5.41, 5.74) is 0.360. The summed E-state index contributed by atoms with van der Waals surface area (Å²) in [6, 6.07) is 13.8. The summed E-state index contributed by atoms with van der Waals surface area (Å²) in [5, 5.41) is 0. The number of methoxy groups -OCH3 is 1. The van der Waals surface area contributed by atoms with E-state index in [9.17, 15) is 9.59 Å². The zero-order chi connectivity index (χ0) is 16.9. The Balaban J connectivity index is 1.59. The summed E-state index contributed by atoms with van der Waals surface area (Å²) in [6.45, 7) is -0.348. The smallest absolute Gasteiger partial charge is 0.351 e. The van der Waals surface area contributed by atoms with Crippen LogP contribution < -0.4 is 14.2 Å². The van der Waals surface area contributed by atoms with Crippen LogP contribution in [-0.4, -0.2) is 38.2 Å². The van der Waals surface area contributed by atoms with Crippen molar-refractivity contribution in [1.82, 2.24) is 0 Å². The van der Waals surface area contributed by atoms with Crippen molar-refractivity contribution in [3.63, 3.8) is 0 Å². The summed E-state index contributed by atoms with van der Waals surface area (Å²) >= 11 is 0. The van der Waals surface area contributed by atoms with Crippen LogP contribution in [0.1, 0.15) is 10.4 Å². The lowest BCUT2D eigenvalue weighted by Gasteiger charge is -2.24. The Morgan fingerprint density at radius 1 is 1.08 bits per heavy atom. The van der Waals surface area contributed by atoms with Crippen molar-refractivity contribution in [3.8, 4) is 17.2 Å². The molecule has 2 aromatic rings. The maximum atomic E-state index is 12.2. The first-order chi connectivity index (χ1) is 11.7. The second kappa shape index (κ2) is 7.04. The van der Waals surface area contributed by atoms with Gasteiger partial charge in [0.25, 0.3) is 0 Å². The average Bonchev–Trinajstić information content (AvgIpc) is 2.65. The van der Waals surface area contributed by atoms with Crippen LogP contribution >= 0.6 is 0 Å². The molecule has 2 aromatic carbocycles. The maximum Gasteiger partial charge on any atom is 0.351 e. The van der Waals surface area contributed by atoms with Crippen LogP contribution in [0.3, 0.4) is 0 Å². The van der Waals surface area contributed by atoms with Crippen molar-refractivity contribution < 1.29 is 28.5 Å². The van der Waals surface area contributed by atoms with Gasteiger partial charge in [-0.05, 0) is 24.3 Å². The molecule has 3 rings (SSSR count). The monoisotopic (exact) mass is 328 g/mol. The fourth-order valence-electron chi connectivity index (χ4n) is 2.32. The quantitative estimate of drug-likeness (QED) is 0.619. The number of carbonyl (C=O) groups is 2. The predicted molar refractivity (Wildman–Crippen MR) is 84.6 cm³/mol. The Hall–Kier alpha value is -3.02. The molecule has 124 valence electrons. The van der Waals surface area contributed by atoms with Crippen molar-refractivity contribution in [2.24, 2.45) is 0 Å². The minimum atomic E-state index is -0.898. The molecule has 0 bridgehead atoms. The van der Waals surface area contributed by atoms with E-state index in [0.29, 0.717) is 22.8 Å². The fourth-order valence-corrected chi connectivity index (χ4v) is 2.32. The Kier molecular flexibility index (Phi) is 4.65. The Morgan fingerprint density at radius 3 is 2.58 bits per heavy atom. The van der Waals surface area contributed by atoms with E-state index in [2.05, 4.69) is 0 Å². The zero-order valence-corrected chi connectivity index (χ0v) is 13.1. The molecule has 0 saturated carbocycles. The van der Waals surface area contributed by atoms with Gasteiger partial charge in [-0.15, -0.1) is 0 Å². The van der Waals surface area contributed by atoms with E-state index in [1.54, 1.807) is 42.5 Å². The molecule has 0 saturated heterocycles. The van der Waals surface area contributed by atoms with E-state index in [-0.39, 0.29) is 19.0 Å². The van der Waals surface area contributed by atoms with Crippen molar-refractivity contribution >= 4 is 11.8 Å². The molecule has 0 unspecified atom stereocenters. The van der Waals surface area contributed by atoms with Crippen LogP contribution in [0.5, 0.6) is 17.2 Å². The van der Waals surface area contributed by atoms with Gasteiger partial charge in [-0.2, -0.15) is 0 Å². The molecule has 0 amide bonds. The van der Waals surface area contributed by atoms with Crippen molar-refractivity contribution in [1.29, 1.82) is 0 Å². The SMILES string of the molecule is COc1ccccc1C(=O)COC(=O)[C@@H]1COc2ccccc2O1. The van der Waals surface area contributed by atoms with Crippen LogP contribution in [0.4, 0.5) is 0 Å². The first-order valence-corrected chi connectivity index (χ1v) is 7.40. The molecule has 0 aliphatic carbocycles. The molecule has 24 heavy (non-hydrogen) atoms. The predicted octanol–water partition coefficient (Wildman–Crippen LogP) is 2.26. The standard InChI is InChI=1S/C18H16O6/c1-21-14-7-3-2-6-12(14)13(19)10-23-18(20)17-11-22-15-8-4-5-9-16(15)24-17/h2-9,17H,10-11H2,1H3/t17-/m0/s1. The van der Waals surface area contributed by atoms with Gasteiger partial charge < -0.3 is 18.9 Å². The third kappa shape index (κ3) is 3.32. The number of rotatable bonds is 5. The molecular weight excluding hydrogens is 312 g/mol.